The van der Waals surface area contributed by atoms with Crippen LogP contribution in [0.2, 0.25) is 0 Å². The van der Waals surface area contributed by atoms with Crippen molar-refractivity contribution in [2.24, 2.45) is 0 Å². The van der Waals surface area contributed by atoms with Crippen molar-refractivity contribution in [1.29, 1.82) is 0 Å². The number of para-hydroxylation sites is 1. The number of hydrogen-bond donors (Lipinski definition) is 0. The largest absolute Gasteiger partial charge is 0.374 e. The molecule has 0 aromatic heterocycles. The van der Waals surface area contributed by atoms with Crippen molar-refractivity contribution in [3.8, 4) is 0 Å². The first-order chi connectivity index (χ1) is 5.29. The third-order valence-electron chi connectivity index (χ3n) is 2.43. The Morgan fingerprint density at radius 2 is 2.09 bits per heavy atom. The molecule has 1 nitrogen and oxygen atoms in total. The van der Waals surface area contributed by atoms with Gasteiger partial charge in [0, 0.05) is 25.2 Å². The Morgan fingerprint density at radius 3 is 2.82 bits per heavy atom. The van der Waals surface area contributed by atoms with E-state index >= 15 is 0 Å². The molecule has 0 fully saturated rings. The molecule has 0 radical (unpaired) electrons. The molecule has 1 heterocycles. The summed E-state index contributed by atoms with van der Waals surface area (Å²) in [6.45, 7) is 3.45. The van der Waals surface area contributed by atoms with Crippen LogP contribution < -0.4 is 4.90 Å². The molecule has 2 rings (SSSR count). The molecule has 0 unspecified atom stereocenters. The first-order valence-corrected chi connectivity index (χ1v) is 4.09. The minimum atomic E-state index is 0.705. The van der Waals surface area contributed by atoms with Crippen molar-refractivity contribution < 1.29 is 0 Å². The summed E-state index contributed by atoms with van der Waals surface area (Å²) in [5.74, 6) is 0.705. The molecular formula is C10H13N. The summed E-state index contributed by atoms with van der Waals surface area (Å²) in [4.78, 5) is 2.32. The lowest BCUT2D eigenvalue weighted by molar-refractivity contribution is 0.796. The van der Waals surface area contributed by atoms with Crippen LogP contribution in [-0.2, 0) is 0 Å². The first-order valence-electron chi connectivity index (χ1n) is 4.09. The number of anilines is 1. The van der Waals surface area contributed by atoms with Crippen LogP contribution in [0.3, 0.4) is 0 Å². The summed E-state index contributed by atoms with van der Waals surface area (Å²) >= 11 is 0. The fourth-order valence-electron chi connectivity index (χ4n) is 1.86. The zero-order chi connectivity index (χ0) is 7.84. The quantitative estimate of drug-likeness (QED) is 0.544. The summed E-state index contributed by atoms with van der Waals surface area (Å²) in [5, 5.41) is 0. The van der Waals surface area contributed by atoms with Crippen molar-refractivity contribution in [1.82, 2.24) is 0 Å². The smallest absolute Gasteiger partial charge is 0.0399 e. The molecule has 0 amide bonds. The lowest BCUT2D eigenvalue weighted by atomic mass is 10.0. The summed E-state index contributed by atoms with van der Waals surface area (Å²) in [6.07, 6.45) is 0. The Labute approximate surface area is 67.6 Å². The molecule has 1 heteroatoms. The number of fused-ring (bicyclic) bond motifs is 1. The molecule has 1 atom stereocenters. The minimum Gasteiger partial charge on any atom is -0.374 e. The van der Waals surface area contributed by atoms with Gasteiger partial charge in [0.2, 0.25) is 0 Å². The number of nitrogens with zero attached hydrogens (tertiary/aromatic N) is 1. The van der Waals surface area contributed by atoms with Crippen LogP contribution in [0.1, 0.15) is 18.4 Å². The Balaban J connectivity index is 2.52. The predicted molar refractivity (Wildman–Crippen MR) is 48.1 cm³/mol. The van der Waals surface area contributed by atoms with Gasteiger partial charge in [0.05, 0.1) is 0 Å². The highest BCUT2D eigenvalue weighted by Crippen LogP contribution is 2.33. The Hall–Kier alpha value is -0.980. The molecule has 0 saturated carbocycles. The maximum absolute atomic E-state index is 2.32. The zero-order valence-corrected chi connectivity index (χ0v) is 7.04. The van der Waals surface area contributed by atoms with Crippen molar-refractivity contribution >= 4 is 5.69 Å². The molecule has 0 aliphatic carbocycles. The zero-order valence-electron chi connectivity index (χ0n) is 7.04. The fraction of sp³-hybridized carbons (Fsp3) is 0.400. The molecule has 1 aliphatic heterocycles. The monoisotopic (exact) mass is 147 g/mol. The lowest BCUT2D eigenvalue weighted by Crippen LogP contribution is -2.13. The van der Waals surface area contributed by atoms with Crippen LogP contribution in [0.25, 0.3) is 0 Å². The van der Waals surface area contributed by atoms with Gasteiger partial charge in [-0.15, -0.1) is 0 Å². The van der Waals surface area contributed by atoms with Gasteiger partial charge in [0.1, 0.15) is 0 Å². The van der Waals surface area contributed by atoms with Gasteiger partial charge in [-0.3, -0.25) is 0 Å². The van der Waals surface area contributed by atoms with Crippen LogP contribution in [0.4, 0.5) is 5.69 Å². The van der Waals surface area contributed by atoms with E-state index in [2.05, 4.69) is 43.1 Å². The molecular weight excluding hydrogens is 134 g/mol. The highest BCUT2D eigenvalue weighted by Gasteiger charge is 2.21. The van der Waals surface area contributed by atoms with E-state index in [9.17, 15) is 0 Å². The van der Waals surface area contributed by atoms with Crippen LogP contribution in [-0.4, -0.2) is 13.6 Å². The second-order valence-electron chi connectivity index (χ2n) is 3.34. The third kappa shape index (κ3) is 0.917. The number of likely N-dealkylation sites (N-methyl/N-ethyl adjacent to an activating group) is 1. The fourth-order valence-corrected chi connectivity index (χ4v) is 1.86. The van der Waals surface area contributed by atoms with Gasteiger partial charge in [-0.2, -0.15) is 0 Å². The van der Waals surface area contributed by atoms with E-state index in [1.165, 1.54) is 17.8 Å². The van der Waals surface area contributed by atoms with E-state index in [0.717, 1.165) is 0 Å². The number of hydrogen-bond acceptors (Lipinski definition) is 1. The molecule has 11 heavy (non-hydrogen) atoms. The maximum Gasteiger partial charge on any atom is 0.0399 e. The van der Waals surface area contributed by atoms with Gasteiger partial charge in [-0.05, 0) is 11.6 Å². The van der Waals surface area contributed by atoms with E-state index in [1.807, 2.05) is 0 Å². The number of rotatable bonds is 0. The lowest BCUT2D eigenvalue weighted by Gasteiger charge is -2.10. The first kappa shape index (κ1) is 6.71. The van der Waals surface area contributed by atoms with Gasteiger partial charge >= 0.3 is 0 Å². The molecule has 1 aromatic carbocycles. The predicted octanol–water partition coefficient (Wildman–Crippen LogP) is 2.24. The normalized spacial score (nSPS) is 22.0. The summed E-state index contributed by atoms with van der Waals surface area (Å²) in [7, 11) is 2.16. The second-order valence-corrected chi connectivity index (χ2v) is 3.34. The minimum absolute atomic E-state index is 0.705. The van der Waals surface area contributed by atoms with Crippen molar-refractivity contribution in [2.75, 3.05) is 18.5 Å². The van der Waals surface area contributed by atoms with Crippen LogP contribution in [0, 0.1) is 0 Å². The topological polar surface area (TPSA) is 3.24 Å². The van der Waals surface area contributed by atoms with Gasteiger partial charge in [0.25, 0.3) is 0 Å². The van der Waals surface area contributed by atoms with E-state index in [4.69, 9.17) is 0 Å². The summed E-state index contributed by atoms with van der Waals surface area (Å²) < 4.78 is 0. The van der Waals surface area contributed by atoms with Crippen LogP contribution in [0.5, 0.6) is 0 Å². The molecule has 0 N–H and O–H groups in total. The maximum atomic E-state index is 2.32. The summed E-state index contributed by atoms with van der Waals surface area (Å²) in [5.41, 5.74) is 2.90. The van der Waals surface area contributed by atoms with Crippen molar-refractivity contribution in [2.45, 2.75) is 12.8 Å². The SMILES string of the molecule is C[C@@H]1CN(C)c2ccccc21. The molecule has 0 spiro atoms. The van der Waals surface area contributed by atoms with Gasteiger partial charge in [-0.1, -0.05) is 25.1 Å². The van der Waals surface area contributed by atoms with E-state index in [1.54, 1.807) is 0 Å². The van der Waals surface area contributed by atoms with Crippen molar-refractivity contribution in [3.05, 3.63) is 29.8 Å². The standard InChI is InChI=1S/C10H13N/c1-8-7-11(2)10-6-4-3-5-9(8)10/h3-6,8H,7H2,1-2H3/t8-/m1/s1. The molecule has 0 bridgehead atoms. The van der Waals surface area contributed by atoms with E-state index in [0.29, 0.717) is 5.92 Å². The van der Waals surface area contributed by atoms with E-state index in [-0.39, 0.29) is 0 Å². The Morgan fingerprint density at radius 1 is 1.36 bits per heavy atom. The van der Waals surface area contributed by atoms with Gasteiger partial charge in [-0.25, -0.2) is 0 Å². The Kier molecular flexibility index (Phi) is 1.38. The van der Waals surface area contributed by atoms with Crippen LogP contribution in [0.15, 0.2) is 24.3 Å². The van der Waals surface area contributed by atoms with Crippen LogP contribution >= 0.6 is 0 Å². The summed E-state index contributed by atoms with van der Waals surface area (Å²) in [6, 6.07) is 8.64. The average molecular weight is 147 g/mol. The second kappa shape index (κ2) is 2.26. The molecule has 0 saturated heterocycles. The average Bonchev–Trinajstić information content (AvgIpc) is 2.30. The molecule has 1 aliphatic rings. The van der Waals surface area contributed by atoms with Gasteiger partial charge in [0.15, 0.2) is 0 Å². The highest BCUT2D eigenvalue weighted by molar-refractivity contribution is 5.59. The van der Waals surface area contributed by atoms with E-state index < -0.39 is 0 Å². The van der Waals surface area contributed by atoms with Gasteiger partial charge < -0.3 is 4.90 Å². The third-order valence-corrected chi connectivity index (χ3v) is 2.43. The molecule has 1 aromatic rings. The van der Waals surface area contributed by atoms with Crippen molar-refractivity contribution in [3.63, 3.8) is 0 Å². The highest BCUT2D eigenvalue weighted by atomic mass is 15.1. The number of benzene rings is 1. The molecule has 58 valence electrons. The Bertz CT molecular complexity index is 240.